The van der Waals surface area contributed by atoms with E-state index in [0.717, 1.165) is 0 Å². The predicted octanol–water partition coefficient (Wildman–Crippen LogP) is 3.04. The minimum absolute atomic E-state index is 0.161. The lowest BCUT2D eigenvalue weighted by atomic mass is 10.1. The van der Waals surface area contributed by atoms with Gasteiger partial charge in [-0.25, -0.2) is 19.5 Å². The molecule has 1 amide bonds. The third-order valence-electron chi connectivity index (χ3n) is 6.37. The van der Waals surface area contributed by atoms with Gasteiger partial charge in [-0.3, -0.25) is 23.2 Å². The summed E-state index contributed by atoms with van der Waals surface area (Å²) >= 11 is 0. The molecule has 2 aliphatic rings. The Bertz CT molecular complexity index is 1150. The summed E-state index contributed by atoms with van der Waals surface area (Å²) in [6, 6.07) is 0. The quantitative estimate of drug-likeness (QED) is 0.317. The van der Waals surface area contributed by atoms with Gasteiger partial charge < -0.3 is 24.6 Å². The van der Waals surface area contributed by atoms with Crippen LogP contribution in [0.25, 0.3) is 11.2 Å². The molecule has 15 heteroatoms. The lowest BCUT2D eigenvalue weighted by Gasteiger charge is -2.29. The number of phosphoric ester groups is 1. The maximum atomic E-state index is 12.3. The highest BCUT2D eigenvalue weighted by Gasteiger charge is 2.55. The number of imidazole rings is 1. The highest BCUT2D eigenvalue weighted by atomic mass is 31.2. The molecule has 39 heavy (non-hydrogen) atoms. The Morgan fingerprint density at radius 2 is 1.82 bits per heavy atom. The topological polar surface area (TPSA) is 167 Å². The molecule has 4 heterocycles. The number of carbonyl (C=O) groups is 2. The van der Waals surface area contributed by atoms with Crippen LogP contribution >= 0.6 is 7.82 Å². The molecule has 0 aromatic carbocycles. The Hall–Kier alpha value is -2.48. The van der Waals surface area contributed by atoms with E-state index in [2.05, 4.69) is 45.9 Å². The first-order valence-electron chi connectivity index (χ1n) is 13.4. The molecule has 0 spiro atoms. The van der Waals surface area contributed by atoms with Crippen LogP contribution in [-0.4, -0.2) is 85.7 Å². The summed E-state index contributed by atoms with van der Waals surface area (Å²) in [4.78, 5) is 49.0. The number of nitrogens with zero attached hydrogens (tertiary/aromatic N) is 5. The van der Waals surface area contributed by atoms with Crippen molar-refractivity contribution in [3.8, 4) is 0 Å². The van der Waals surface area contributed by atoms with Gasteiger partial charge in [-0.05, 0) is 32.5 Å². The smallest absolute Gasteiger partial charge is 0.455 e. The molecular formula is C24H39N6O8P. The fourth-order valence-corrected chi connectivity index (χ4v) is 5.27. The number of carbonyl (C=O) groups excluding carboxylic acids is 2. The van der Waals surface area contributed by atoms with Crippen molar-refractivity contribution in [3.63, 3.8) is 0 Å². The van der Waals surface area contributed by atoms with Crippen LogP contribution in [0.15, 0.2) is 12.7 Å². The standard InChI is InChI=1S/C18H24N5O8P.C6H15N/c1-3-5-11(24)22-16-13-17(20-8-19-16)23(9-21-13)18-15(30-12(25)6-4-2)14-10(29-18)7-28-32(26,27)31-14;1-4-7(5-2)6-3/h8-10,14-15,18H,3-7H2,1-2H3,(H,26,27)(H,19,20,22,24);4-6H2,1-3H3/t10-,14-,15-,18-;/m1./s1. The molecule has 2 aliphatic heterocycles. The number of fused-ring (bicyclic) bond motifs is 2. The number of hydrogen-bond donors (Lipinski definition) is 2. The van der Waals surface area contributed by atoms with Crippen molar-refractivity contribution in [1.29, 1.82) is 0 Å². The molecule has 1 unspecified atom stereocenters. The highest BCUT2D eigenvalue weighted by Crippen LogP contribution is 2.53. The first-order chi connectivity index (χ1) is 18.7. The average Bonchev–Trinajstić information content (AvgIpc) is 3.47. The number of anilines is 1. The SMILES string of the molecule is CCCC(=O)Nc1ncnc2c1ncn2[C@@H]1O[C@@H]2COP(=O)(O)O[C@H]2[C@H]1OC(=O)CCC.CCN(CC)CC. The number of esters is 1. The molecule has 0 radical (unpaired) electrons. The number of hydrogen-bond acceptors (Lipinski definition) is 11. The van der Waals surface area contributed by atoms with Crippen molar-refractivity contribution in [2.24, 2.45) is 0 Å². The van der Waals surface area contributed by atoms with Gasteiger partial charge in [0.1, 0.15) is 18.5 Å². The van der Waals surface area contributed by atoms with Gasteiger partial charge in [0.05, 0.1) is 12.9 Å². The monoisotopic (exact) mass is 570 g/mol. The molecule has 2 saturated heterocycles. The minimum Gasteiger partial charge on any atom is -0.455 e. The van der Waals surface area contributed by atoms with Crippen molar-refractivity contribution in [1.82, 2.24) is 24.4 Å². The number of amides is 1. The summed E-state index contributed by atoms with van der Waals surface area (Å²) in [5.41, 5.74) is 0.638. The van der Waals surface area contributed by atoms with E-state index in [-0.39, 0.29) is 24.8 Å². The van der Waals surface area contributed by atoms with Crippen LogP contribution in [0, 0.1) is 0 Å². The van der Waals surface area contributed by atoms with Gasteiger partial charge in [-0.15, -0.1) is 0 Å². The minimum atomic E-state index is -4.30. The van der Waals surface area contributed by atoms with Crippen molar-refractivity contribution >= 4 is 36.7 Å². The van der Waals surface area contributed by atoms with Crippen LogP contribution in [0.5, 0.6) is 0 Å². The van der Waals surface area contributed by atoms with Gasteiger partial charge in [0.15, 0.2) is 29.3 Å². The summed E-state index contributed by atoms with van der Waals surface area (Å²) in [5.74, 6) is -0.469. The number of nitrogens with one attached hydrogen (secondary N) is 1. The van der Waals surface area contributed by atoms with Crippen LogP contribution in [0.4, 0.5) is 5.82 Å². The van der Waals surface area contributed by atoms with E-state index in [1.807, 2.05) is 13.8 Å². The summed E-state index contributed by atoms with van der Waals surface area (Å²) in [6.07, 6.45) is 0.639. The first-order valence-corrected chi connectivity index (χ1v) is 14.9. The van der Waals surface area contributed by atoms with Crippen LogP contribution in [0.1, 0.15) is 66.5 Å². The van der Waals surface area contributed by atoms with Gasteiger partial charge in [-0.2, -0.15) is 0 Å². The molecule has 2 fully saturated rings. The molecule has 2 aromatic rings. The third kappa shape index (κ3) is 7.80. The number of ether oxygens (including phenoxy) is 2. The summed E-state index contributed by atoms with van der Waals surface area (Å²) in [5, 5.41) is 2.70. The summed E-state index contributed by atoms with van der Waals surface area (Å²) < 4.78 is 35.1. The zero-order valence-corrected chi connectivity index (χ0v) is 24.0. The fraction of sp³-hybridized carbons (Fsp3) is 0.708. The Morgan fingerprint density at radius 1 is 1.13 bits per heavy atom. The fourth-order valence-electron chi connectivity index (χ4n) is 4.31. The van der Waals surface area contributed by atoms with Crippen molar-refractivity contribution in [3.05, 3.63) is 12.7 Å². The first kappa shape index (κ1) is 31.1. The van der Waals surface area contributed by atoms with Crippen molar-refractivity contribution in [2.75, 3.05) is 31.6 Å². The maximum absolute atomic E-state index is 12.3. The average molecular weight is 571 g/mol. The normalized spacial score (nSPS) is 26.1. The van der Waals surface area contributed by atoms with Crippen LogP contribution in [0.2, 0.25) is 0 Å². The highest BCUT2D eigenvalue weighted by molar-refractivity contribution is 7.47. The largest absolute Gasteiger partial charge is 0.472 e. The van der Waals surface area contributed by atoms with Gasteiger partial charge in [0.2, 0.25) is 5.91 Å². The molecule has 0 aliphatic carbocycles. The second-order valence-corrected chi connectivity index (χ2v) is 10.5. The molecule has 218 valence electrons. The van der Waals surface area contributed by atoms with E-state index in [1.165, 1.54) is 36.9 Å². The zero-order valence-electron chi connectivity index (χ0n) is 23.1. The lowest BCUT2D eigenvalue weighted by molar-refractivity contribution is -0.158. The van der Waals surface area contributed by atoms with Gasteiger partial charge >= 0.3 is 13.8 Å². The molecule has 2 N–H and O–H groups in total. The summed E-state index contributed by atoms with van der Waals surface area (Å²) in [6.45, 7) is 13.6. The second-order valence-electron chi connectivity index (χ2n) is 9.07. The molecule has 4 rings (SSSR count). The Labute approximate surface area is 228 Å². The van der Waals surface area contributed by atoms with Gasteiger partial charge in [-0.1, -0.05) is 34.6 Å². The lowest BCUT2D eigenvalue weighted by Crippen LogP contribution is -2.41. The molecule has 5 atom stereocenters. The Kier molecular flexibility index (Phi) is 11.3. The molecule has 14 nitrogen and oxygen atoms in total. The van der Waals surface area contributed by atoms with Crippen LogP contribution < -0.4 is 5.32 Å². The number of phosphoric acid groups is 1. The molecule has 2 aromatic heterocycles. The Balaban J connectivity index is 0.000000532. The molecule has 0 bridgehead atoms. The second kappa shape index (κ2) is 14.2. The number of rotatable bonds is 10. The Morgan fingerprint density at radius 3 is 2.44 bits per heavy atom. The van der Waals surface area contributed by atoms with E-state index in [1.54, 1.807) is 0 Å². The van der Waals surface area contributed by atoms with Crippen LogP contribution in [0.3, 0.4) is 0 Å². The molecule has 0 saturated carbocycles. The predicted molar refractivity (Wildman–Crippen MR) is 142 cm³/mol. The van der Waals surface area contributed by atoms with Crippen LogP contribution in [-0.2, 0) is 32.7 Å². The van der Waals surface area contributed by atoms with Gasteiger partial charge in [0, 0.05) is 12.8 Å². The number of aromatic nitrogens is 4. The maximum Gasteiger partial charge on any atom is 0.472 e. The molecular weight excluding hydrogens is 531 g/mol. The zero-order chi connectivity index (χ0) is 28.6. The van der Waals surface area contributed by atoms with Crippen molar-refractivity contribution < 1.29 is 37.6 Å². The third-order valence-corrected chi connectivity index (χ3v) is 7.36. The van der Waals surface area contributed by atoms with E-state index in [0.29, 0.717) is 30.4 Å². The van der Waals surface area contributed by atoms with E-state index in [4.69, 9.17) is 18.5 Å². The van der Waals surface area contributed by atoms with E-state index < -0.39 is 38.3 Å². The van der Waals surface area contributed by atoms with E-state index in [9.17, 15) is 19.0 Å². The van der Waals surface area contributed by atoms with Crippen molar-refractivity contribution in [2.45, 2.75) is 84.8 Å². The van der Waals surface area contributed by atoms with Gasteiger partial charge in [0.25, 0.3) is 0 Å². The van der Waals surface area contributed by atoms with E-state index >= 15 is 0 Å². The summed E-state index contributed by atoms with van der Waals surface area (Å²) in [7, 11) is -4.30.